The highest BCUT2D eigenvalue weighted by atomic mass is 32.2. The number of ether oxygens (including phenoxy) is 1. The summed E-state index contributed by atoms with van der Waals surface area (Å²) >= 11 is 0. The van der Waals surface area contributed by atoms with Crippen LogP contribution in [0, 0.1) is 23.0 Å². The minimum atomic E-state index is -3.88. The predicted molar refractivity (Wildman–Crippen MR) is 134 cm³/mol. The van der Waals surface area contributed by atoms with Gasteiger partial charge >= 0.3 is 0 Å². The molecule has 1 aliphatic carbocycles. The molecule has 0 fully saturated rings. The van der Waals surface area contributed by atoms with E-state index < -0.39 is 10.0 Å². The number of rotatable bonds is 6. The molecule has 0 saturated heterocycles. The molecule has 3 aromatic rings. The van der Waals surface area contributed by atoms with Crippen LogP contribution in [0.3, 0.4) is 0 Å². The van der Waals surface area contributed by atoms with Crippen molar-refractivity contribution in [3.05, 3.63) is 99.6 Å². The fourth-order valence-electron chi connectivity index (χ4n) is 5.07. The third kappa shape index (κ3) is 4.12. The molecule has 5 rings (SSSR count). The largest absolute Gasteiger partial charge is 0.495 e. The van der Waals surface area contributed by atoms with E-state index in [1.165, 1.54) is 13.2 Å². The first-order valence-corrected chi connectivity index (χ1v) is 12.7. The number of nitro groups is 1. The highest BCUT2D eigenvalue weighted by Gasteiger charge is 2.40. The van der Waals surface area contributed by atoms with E-state index in [0.717, 1.165) is 23.2 Å². The summed E-state index contributed by atoms with van der Waals surface area (Å²) in [6.07, 6.45) is 4.87. The molecule has 3 unspecified atom stereocenters. The van der Waals surface area contributed by atoms with E-state index in [9.17, 15) is 18.5 Å². The van der Waals surface area contributed by atoms with Crippen LogP contribution in [-0.4, -0.2) is 20.5 Å². The van der Waals surface area contributed by atoms with Crippen LogP contribution in [0.25, 0.3) is 0 Å². The first-order chi connectivity index (χ1) is 16.8. The van der Waals surface area contributed by atoms with Crippen molar-refractivity contribution in [2.24, 2.45) is 5.92 Å². The summed E-state index contributed by atoms with van der Waals surface area (Å²) in [6, 6.07) is 16.8. The van der Waals surface area contributed by atoms with E-state index >= 15 is 0 Å². The molecule has 0 radical (unpaired) electrons. The molecule has 0 spiro atoms. The van der Waals surface area contributed by atoms with Gasteiger partial charge in [-0.1, -0.05) is 36.4 Å². The van der Waals surface area contributed by atoms with E-state index in [0.29, 0.717) is 17.0 Å². The van der Waals surface area contributed by atoms with Crippen molar-refractivity contribution >= 4 is 27.1 Å². The van der Waals surface area contributed by atoms with Crippen LogP contribution in [0.5, 0.6) is 5.75 Å². The topological polar surface area (TPSA) is 111 Å². The maximum Gasteiger partial charge on any atom is 0.274 e. The molecule has 9 heteroatoms. The number of nitro benzene ring substituents is 1. The number of hydrogen-bond donors (Lipinski definition) is 2. The quantitative estimate of drug-likeness (QED) is 0.266. The lowest BCUT2D eigenvalue weighted by molar-refractivity contribution is -0.385. The lowest BCUT2D eigenvalue weighted by atomic mass is 9.76. The molecule has 180 valence electrons. The number of allylic oxidation sites excluding steroid dienone is 2. The Balaban J connectivity index is 1.52. The molecule has 3 aromatic carbocycles. The monoisotopic (exact) mass is 491 g/mol. The van der Waals surface area contributed by atoms with Crippen molar-refractivity contribution in [1.29, 1.82) is 0 Å². The van der Waals surface area contributed by atoms with Crippen LogP contribution in [-0.2, 0) is 10.0 Å². The number of fused-ring (bicyclic) bond motifs is 3. The minimum Gasteiger partial charge on any atom is -0.495 e. The number of methoxy groups -OCH3 is 1. The van der Waals surface area contributed by atoms with Gasteiger partial charge in [0, 0.05) is 17.7 Å². The Morgan fingerprint density at radius 2 is 1.89 bits per heavy atom. The molecule has 0 amide bonds. The van der Waals surface area contributed by atoms with Gasteiger partial charge in [-0.05, 0) is 60.7 Å². The zero-order valence-corrected chi connectivity index (χ0v) is 20.1. The number of hydrogen-bond acceptors (Lipinski definition) is 6. The van der Waals surface area contributed by atoms with Gasteiger partial charge in [-0.15, -0.1) is 0 Å². The summed E-state index contributed by atoms with van der Waals surface area (Å²) < 4.78 is 34.5. The van der Waals surface area contributed by atoms with Crippen molar-refractivity contribution in [2.75, 3.05) is 17.1 Å². The van der Waals surface area contributed by atoms with E-state index in [-0.39, 0.29) is 33.4 Å². The van der Waals surface area contributed by atoms with Crippen molar-refractivity contribution in [3.63, 3.8) is 0 Å². The predicted octanol–water partition coefficient (Wildman–Crippen LogP) is 5.54. The number of para-hydroxylation sites is 1. The summed E-state index contributed by atoms with van der Waals surface area (Å²) in [5, 5.41) is 15.1. The zero-order chi connectivity index (χ0) is 24.7. The average Bonchev–Trinajstić information content (AvgIpc) is 3.33. The Kier molecular flexibility index (Phi) is 5.72. The maximum atomic E-state index is 13.3. The van der Waals surface area contributed by atoms with E-state index in [4.69, 9.17) is 4.74 Å². The van der Waals surface area contributed by atoms with Gasteiger partial charge in [0.05, 0.1) is 34.2 Å². The highest BCUT2D eigenvalue weighted by molar-refractivity contribution is 7.92. The average molecular weight is 492 g/mol. The van der Waals surface area contributed by atoms with Gasteiger partial charge in [0.15, 0.2) is 0 Å². The first-order valence-electron chi connectivity index (χ1n) is 11.3. The summed E-state index contributed by atoms with van der Waals surface area (Å²) in [5.41, 5.74) is 3.61. The van der Waals surface area contributed by atoms with Crippen LogP contribution in [0.15, 0.2) is 77.7 Å². The van der Waals surface area contributed by atoms with Gasteiger partial charge in [0.1, 0.15) is 5.75 Å². The SMILES string of the molecule is COc1ccc(C)cc1NS(=O)(=O)c1ccc2c(c1)C1C=CCC1C(c1ccccc1[N+](=O)[O-])N2. The molecular weight excluding hydrogens is 466 g/mol. The Morgan fingerprint density at radius 1 is 1.09 bits per heavy atom. The molecule has 1 aliphatic heterocycles. The second-order valence-corrected chi connectivity index (χ2v) is 10.5. The van der Waals surface area contributed by atoms with Gasteiger partial charge in [0.25, 0.3) is 15.7 Å². The first kappa shape index (κ1) is 22.9. The van der Waals surface area contributed by atoms with E-state index in [1.807, 2.05) is 13.0 Å². The molecular formula is C26H25N3O5S. The lowest BCUT2D eigenvalue weighted by Crippen LogP contribution is -2.30. The lowest BCUT2D eigenvalue weighted by Gasteiger charge is -2.37. The van der Waals surface area contributed by atoms with Crippen LogP contribution >= 0.6 is 0 Å². The molecule has 0 bridgehead atoms. The standard InChI is InChI=1S/C26H25N3O5S/c1-16-10-13-25(34-2)23(14-16)28-35(32,33)17-11-12-22-21(15-17)18-7-5-8-19(18)26(27-22)20-6-3-4-9-24(20)29(30)31/h3-7,9-15,18-19,26-28H,8H2,1-2H3. The Labute approximate surface area is 203 Å². The molecule has 3 atom stereocenters. The number of benzene rings is 3. The molecule has 35 heavy (non-hydrogen) atoms. The Morgan fingerprint density at radius 3 is 2.66 bits per heavy atom. The fourth-order valence-corrected chi connectivity index (χ4v) is 6.17. The highest BCUT2D eigenvalue weighted by Crippen LogP contribution is 2.51. The normalized spacial score (nSPS) is 20.5. The van der Waals surface area contributed by atoms with Crippen molar-refractivity contribution in [3.8, 4) is 5.75 Å². The van der Waals surface area contributed by atoms with Gasteiger partial charge in [0.2, 0.25) is 0 Å². The molecule has 2 N–H and O–H groups in total. The summed E-state index contributed by atoms with van der Waals surface area (Å²) in [7, 11) is -2.39. The van der Waals surface area contributed by atoms with Gasteiger partial charge in [-0.3, -0.25) is 14.8 Å². The number of aryl methyl sites for hydroxylation is 1. The number of anilines is 2. The second kappa shape index (κ2) is 8.74. The van der Waals surface area contributed by atoms with Gasteiger partial charge < -0.3 is 10.1 Å². The molecule has 2 aliphatic rings. The molecule has 8 nitrogen and oxygen atoms in total. The van der Waals surface area contributed by atoms with Gasteiger partial charge in [-0.25, -0.2) is 8.42 Å². The van der Waals surface area contributed by atoms with Crippen LogP contribution in [0.4, 0.5) is 17.1 Å². The summed E-state index contributed by atoms with van der Waals surface area (Å²) in [6.45, 7) is 1.88. The minimum absolute atomic E-state index is 0.0337. The van der Waals surface area contributed by atoms with Gasteiger partial charge in [-0.2, -0.15) is 0 Å². The van der Waals surface area contributed by atoms with E-state index in [2.05, 4.69) is 22.2 Å². The van der Waals surface area contributed by atoms with Crippen LogP contribution in [0.1, 0.15) is 35.1 Å². The number of nitrogens with one attached hydrogen (secondary N) is 2. The molecule has 1 heterocycles. The van der Waals surface area contributed by atoms with Crippen LogP contribution < -0.4 is 14.8 Å². The Hall–Kier alpha value is -3.85. The smallest absolute Gasteiger partial charge is 0.274 e. The third-order valence-corrected chi connectivity index (χ3v) is 8.08. The third-order valence-electron chi connectivity index (χ3n) is 6.71. The number of sulfonamides is 1. The maximum absolute atomic E-state index is 13.3. The summed E-state index contributed by atoms with van der Waals surface area (Å²) in [4.78, 5) is 11.4. The van der Waals surface area contributed by atoms with Crippen molar-refractivity contribution in [1.82, 2.24) is 0 Å². The number of nitrogens with zero attached hydrogens (tertiary/aromatic N) is 1. The van der Waals surface area contributed by atoms with Crippen molar-refractivity contribution in [2.45, 2.75) is 30.2 Å². The Bertz CT molecular complexity index is 1450. The molecule has 0 aromatic heterocycles. The summed E-state index contributed by atoms with van der Waals surface area (Å²) in [5.74, 6) is 0.413. The van der Waals surface area contributed by atoms with Crippen molar-refractivity contribution < 1.29 is 18.1 Å². The second-order valence-electron chi connectivity index (χ2n) is 8.85. The van der Waals surface area contributed by atoms with E-state index in [1.54, 1.807) is 48.5 Å². The van der Waals surface area contributed by atoms with Crippen LogP contribution in [0.2, 0.25) is 0 Å². The zero-order valence-electron chi connectivity index (χ0n) is 19.3. The molecule has 0 saturated carbocycles. The fraction of sp³-hybridized carbons (Fsp3) is 0.231.